The van der Waals surface area contributed by atoms with Crippen LogP contribution in [0.2, 0.25) is 5.02 Å². The van der Waals surface area contributed by atoms with E-state index in [0.29, 0.717) is 40.2 Å². The molecule has 6 nitrogen and oxygen atoms in total. The van der Waals surface area contributed by atoms with Gasteiger partial charge in [0.2, 0.25) is 6.79 Å². The molecule has 1 aliphatic heterocycles. The number of carbonyl (C=O) groups excluding carboxylic acids is 1. The van der Waals surface area contributed by atoms with Gasteiger partial charge in [-0.3, -0.25) is 4.79 Å². The molecule has 0 unspecified atom stereocenters. The van der Waals surface area contributed by atoms with Crippen molar-refractivity contribution in [1.29, 1.82) is 0 Å². The molecule has 1 N–H and O–H groups in total. The number of amides is 1. The summed E-state index contributed by atoms with van der Waals surface area (Å²) in [5.41, 5.74) is 2.19. The Kier molecular flexibility index (Phi) is 4.96. The third kappa shape index (κ3) is 3.68. The summed E-state index contributed by atoms with van der Waals surface area (Å²) < 4.78 is 12.7. The lowest BCUT2D eigenvalue weighted by molar-refractivity contribution is 0.102. The van der Waals surface area contributed by atoms with Gasteiger partial charge in [0.15, 0.2) is 11.5 Å². The number of hydrogen-bond acceptors (Lipinski definition) is 4. The lowest BCUT2D eigenvalue weighted by atomic mass is 10.1. The van der Waals surface area contributed by atoms with Crippen LogP contribution in [0.3, 0.4) is 0 Å². The van der Waals surface area contributed by atoms with Crippen molar-refractivity contribution in [2.24, 2.45) is 0 Å². The molecule has 0 bridgehead atoms. The average Bonchev–Trinajstić information content (AvgIpc) is 3.31. The first-order valence-electron chi connectivity index (χ1n) is 9.01. The van der Waals surface area contributed by atoms with Crippen LogP contribution in [0, 0.1) is 0 Å². The molecule has 2 aromatic carbocycles. The van der Waals surface area contributed by atoms with E-state index < -0.39 is 0 Å². The number of aromatic nitrogens is 2. The summed E-state index contributed by atoms with van der Waals surface area (Å²) >= 11 is 6.17. The number of nitrogens with zero attached hydrogens (tertiary/aromatic N) is 2. The fraction of sp³-hybridized carbons (Fsp3) is 0.238. The van der Waals surface area contributed by atoms with Gasteiger partial charge in [0.25, 0.3) is 5.91 Å². The van der Waals surface area contributed by atoms with E-state index in [0.717, 1.165) is 11.4 Å². The standard InChI is InChI=1S/C21H20ClN3O3/c1-13(2)20-23-6-7-25(20)11-14-4-3-5-16(8-14)24-21(26)15-9-17(22)19-18(10-15)27-12-28-19/h3-10,13H,11-12H2,1-2H3,(H,24,26). The number of ether oxygens (including phenoxy) is 2. The van der Waals surface area contributed by atoms with Crippen LogP contribution >= 0.6 is 11.6 Å². The zero-order valence-corrected chi connectivity index (χ0v) is 16.4. The van der Waals surface area contributed by atoms with Crippen LogP contribution in [0.25, 0.3) is 0 Å². The Morgan fingerprint density at radius 2 is 2.14 bits per heavy atom. The third-order valence-corrected chi connectivity index (χ3v) is 4.77. The number of nitrogens with one attached hydrogen (secondary N) is 1. The summed E-state index contributed by atoms with van der Waals surface area (Å²) in [4.78, 5) is 17.1. The number of anilines is 1. The lowest BCUT2D eigenvalue weighted by Gasteiger charge is -2.12. The van der Waals surface area contributed by atoms with Crippen LogP contribution in [0.5, 0.6) is 11.5 Å². The zero-order chi connectivity index (χ0) is 19.7. The second-order valence-corrected chi connectivity index (χ2v) is 7.32. The fourth-order valence-corrected chi connectivity index (χ4v) is 3.47. The highest BCUT2D eigenvalue weighted by molar-refractivity contribution is 6.32. The van der Waals surface area contributed by atoms with E-state index in [4.69, 9.17) is 21.1 Å². The number of carbonyl (C=O) groups is 1. The Balaban J connectivity index is 1.51. The predicted octanol–water partition coefficient (Wildman–Crippen LogP) is 4.69. The Bertz CT molecular complexity index is 1030. The summed E-state index contributed by atoms with van der Waals surface area (Å²) in [6, 6.07) is 11.0. The van der Waals surface area contributed by atoms with Gasteiger partial charge in [0, 0.05) is 36.1 Å². The van der Waals surface area contributed by atoms with Crippen molar-refractivity contribution in [2.45, 2.75) is 26.3 Å². The molecule has 1 aliphatic rings. The van der Waals surface area contributed by atoms with Gasteiger partial charge < -0.3 is 19.4 Å². The van der Waals surface area contributed by atoms with Gasteiger partial charge in [0.1, 0.15) is 5.82 Å². The minimum absolute atomic E-state index is 0.106. The second kappa shape index (κ2) is 7.56. The molecule has 0 aliphatic carbocycles. The van der Waals surface area contributed by atoms with E-state index in [2.05, 4.69) is 28.7 Å². The molecule has 0 saturated heterocycles. The number of hydrogen-bond donors (Lipinski definition) is 1. The van der Waals surface area contributed by atoms with E-state index in [1.54, 1.807) is 12.1 Å². The minimum atomic E-state index is -0.261. The molecular formula is C21H20ClN3O3. The monoisotopic (exact) mass is 397 g/mol. The van der Waals surface area contributed by atoms with Crippen molar-refractivity contribution in [2.75, 3.05) is 12.1 Å². The van der Waals surface area contributed by atoms with Crippen molar-refractivity contribution in [1.82, 2.24) is 9.55 Å². The Labute approximate surface area is 168 Å². The summed E-state index contributed by atoms with van der Waals surface area (Å²) in [5.74, 6) is 2.06. The largest absolute Gasteiger partial charge is 0.454 e. The summed E-state index contributed by atoms with van der Waals surface area (Å²) in [6.45, 7) is 5.03. The van der Waals surface area contributed by atoms with Crippen LogP contribution in [0.4, 0.5) is 5.69 Å². The lowest BCUT2D eigenvalue weighted by Crippen LogP contribution is -2.12. The highest BCUT2D eigenvalue weighted by atomic mass is 35.5. The van der Waals surface area contributed by atoms with E-state index in [1.165, 1.54) is 0 Å². The maximum Gasteiger partial charge on any atom is 0.255 e. The van der Waals surface area contributed by atoms with Crippen LogP contribution in [-0.4, -0.2) is 22.3 Å². The van der Waals surface area contributed by atoms with E-state index in [-0.39, 0.29) is 12.7 Å². The Hall–Kier alpha value is -2.99. The average molecular weight is 398 g/mol. The molecule has 1 amide bonds. The smallest absolute Gasteiger partial charge is 0.255 e. The molecule has 0 radical (unpaired) electrons. The fourth-order valence-electron chi connectivity index (χ4n) is 3.20. The molecule has 2 heterocycles. The minimum Gasteiger partial charge on any atom is -0.454 e. The second-order valence-electron chi connectivity index (χ2n) is 6.91. The number of benzene rings is 2. The first-order valence-corrected chi connectivity index (χ1v) is 9.39. The van der Waals surface area contributed by atoms with Gasteiger partial charge in [-0.1, -0.05) is 37.6 Å². The molecule has 28 heavy (non-hydrogen) atoms. The molecular weight excluding hydrogens is 378 g/mol. The normalized spacial score (nSPS) is 12.4. The summed E-state index contributed by atoms with van der Waals surface area (Å²) in [7, 11) is 0. The van der Waals surface area contributed by atoms with Crippen LogP contribution < -0.4 is 14.8 Å². The van der Waals surface area contributed by atoms with Crippen molar-refractivity contribution in [3.05, 3.63) is 70.8 Å². The highest BCUT2D eigenvalue weighted by Crippen LogP contribution is 2.39. The maximum absolute atomic E-state index is 12.7. The maximum atomic E-state index is 12.7. The SMILES string of the molecule is CC(C)c1nccn1Cc1cccc(NC(=O)c2cc(Cl)c3c(c2)OCO3)c1. The molecule has 144 valence electrons. The van der Waals surface area contributed by atoms with Crippen LogP contribution in [0.15, 0.2) is 48.8 Å². The van der Waals surface area contributed by atoms with Crippen molar-refractivity contribution in [3.63, 3.8) is 0 Å². The Morgan fingerprint density at radius 1 is 1.29 bits per heavy atom. The van der Waals surface area contributed by atoms with Crippen molar-refractivity contribution in [3.8, 4) is 11.5 Å². The van der Waals surface area contributed by atoms with E-state index >= 15 is 0 Å². The first kappa shape index (κ1) is 18.4. The molecule has 0 saturated carbocycles. The van der Waals surface area contributed by atoms with E-state index in [9.17, 15) is 4.79 Å². The van der Waals surface area contributed by atoms with Crippen LogP contribution in [0.1, 0.15) is 41.5 Å². The first-order chi connectivity index (χ1) is 13.5. The van der Waals surface area contributed by atoms with Gasteiger partial charge in [-0.25, -0.2) is 4.98 Å². The van der Waals surface area contributed by atoms with Crippen LogP contribution in [-0.2, 0) is 6.54 Å². The van der Waals surface area contributed by atoms with Crippen molar-refractivity contribution >= 4 is 23.2 Å². The van der Waals surface area contributed by atoms with Gasteiger partial charge in [-0.05, 0) is 29.8 Å². The van der Waals surface area contributed by atoms with Gasteiger partial charge >= 0.3 is 0 Å². The molecule has 0 spiro atoms. The van der Waals surface area contributed by atoms with Gasteiger partial charge in [0.05, 0.1) is 5.02 Å². The van der Waals surface area contributed by atoms with Gasteiger partial charge in [-0.15, -0.1) is 0 Å². The van der Waals surface area contributed by atoms with Gasteiger partial charge in [-0.2, -0.15) is 0 Å². The topological polar surface area (TPSA) is 65.4 Å². The quantitative estimate of drug-likeness (QED) is 0.678. The predicted molar refractivity (Wildman–Crippen MR) is 107 cm³/mol. The summed E-state index contributed by atoms with van der Waals surface area (Å²) in [6.07, 6.45) is 3.78. The number of imidazole rings is 1. The zero-order valence-electron chi connectivity index (χ0n) is 15.6. The summed E-state index contributed by atoms with van der Waals surface area (Å²) in [5, 5.41) is 3.27. The number of rotatable bonds is 5. The van der Waals surface area contributed by atoms with Crippen molar-refractivity contribution < 1.29 is 14.3 Å². The molecule has 1 aromatic heterocycles. The third-order valence-electron chi connectivity index (χ3n) is 4.49. The molecule has 0 fully saturated rings. The molecule has 4 rings (SSSR count). The number of halogens is 1. The highest BCUT2D eigenvalue weighted by Gasteiger charge is 2.20. The number of fused-ring (bicyclic) bond motifs is 1. The Morgan fingerprint density at radius 3 is 2.96 bits per heavy atom. The van der Waals surface area contributed by atoms with E-state index in [1.807, 2.05) is 36.7 Å². The molecule has 3 aromatic rings. The molecule has 7 heteroatoms. The molecule has 0 atom stereocenters.